The summed E-state index contributed by atoms with van der Waals surface area (Å²) in [5.41, 5.74) is -0.367. The number of rotatable bonds is 4. The van der Waals surface area contributed by atoms with Crippen LogP contribution in [-0.2, 0) is 14.8 Å². The fourth-order valence-electron chi connectivity index (χ4n) is 2.72. The van der Waals surface area contributed by atoms with Gasteiger partial charge in [-0.05, 0) is 53.9 Å². The Morgan fingerprint density at radius 2 is 2.20 bits per heavy atom. The lowest BCUT2D eigenvalue weighted by atomic mass is 10.2. The second kappa shape index (κ2) is 7.02. The second-order valence-corrected chi connectivity index (χ2v) is 10.0. The summed E-state index contributed by atoms with van der Waals surface area (Å²) >= 11 is 4.40. The molecule has 1 saturated heterocycles. The van der Waals surface area contributed by atoms with Gasteiger partial charge in [-0.15, -0.1) is 11.3 Å². The molecule has 7 nitrogen and oxygen atoms in total. The Morgan fingerprint density at radius 1 is 1.44 bits per heavy atom. The number of pyridine rings is 1. The van der Waals surface area contributed by atoms with Gasteiger partial charge in [0.2, 0.25) is 5.91 Å². The number of carbonyl (C=O) groups is 1. The van der Waals surface area contributed by atoms with Crippen molar-refractivity contribution >= 4 is 48.9 Å². The van der Waals surface area contributed by atoms with E-state index in [1.54, 1.807) is 12.1 Å². The van der Waals surface area contributed by atoms with Gasteiger partial charge < -0.3 is 10.3 Å². The quantitative estimate of drug-likeness (QED) is 0.753. The highest BCUT2D eigenvalue weighted by Gasteiger charge is 2.40. The molecular weight excluding hydrogens is 430 g/mol. The second-order valence-electron chi connectivity index (χ2n) is 5.69. The van der Waals surface area contributed by atoms with Crippen LogP contribution in [0.25, 0.3) is 0 Å². The molecule has 10 heteroatoms. The van der Waals surface area contributed by atoms with Gasteiger partial charge in [-0.2, -0.15) is 4.31 Å². The van der Waals surface area contributed by atoms with Crippen molar-refractivity contribution in [1.82, 2.24) is 9.29 Å². The van der Waals surface area contributed by atoms with Gasteiger partial charge in [0.25, 0.3) is 15.6 Å². The molecule has 1 atom stereocenters. The SMILES string of the molecule is Cc1ccc(S(=O)(=O)N2CCC[C@H]2C(=O)Nc2cc(Br)c[nH]c2=O)s1. The number of aromatic amines is 1. The number of nitrogens with one attached hydrogen (secondary N) is 2. The summed E-state index contributed by atoms with van der Waals surface area (Å²) in [6.07, 6.45) is 2.47. The molecule has 0 aliphatic carbocycles. The summed E-state index contributed by atoms with van der Waals surface area (Å²) in [5.74, 6) is -0.502. The maximum absolute atomic E-state index is 12.8. The van der Waals surface area contributed by atoms with Crippen LogP contribution in [0, 0.1) is 6.92 Å². The first-order valence-corrected chi connectivity index (χ1v) is 10.6. The Morgan fingerprint density at radius 3 is 2.88 bits per heavy atom. The molecule has 2 aromatic heterocycles. The third-order valence-corrected chi connectivity index (χ3v) is 7.74. The average molecular weight is 446 g/mol. The van der Waals surface area contributed by atoms with Crippen LogP contribution >= 0.6 is 27.3 Å². The fourth-order valence-corrected chi connectivity index (χ4v) is 6.13. The topological polar surface area (TPSA) is 99.3 Å². The normalized spacial score (nSPS) is 18.4. The van der Waals surface area contributed by atoms with Crippen LogP contribution in [0.4, 0.5) is 5.69 Å². The number of carbonyl (C=O) groups excluding carboxylic acids is 1. The number of amides is 1. The molecule has 1 amide bonds. The third kappa shape index (κ3) is 3.71. The van der Waals surface area contributed by atoms with E-state index in [1.165, 1.54) is 27.9 Å². The first-order chi connectivity index (χ1) is 11.8. The van der Waals surface area contributed by atoms with Crippen LogP contribution in [0.3, 0.4) is 0 Å². The molecule has 0 unspecified atom stereocenters. The Labute approximate surface area is 157 Å². The average Bonchev–Trinajstić information content (AvgIpc) is 3.20. The van der Waals surface area contributed by atoms with Crippen LogP contribution in [-0.4, -0.2) is 36.2 Å². The zero-order valence-corrected chi connectivity index (χ0v) is 16.5. The van der Waals surface area contributed by atoms with E-state index < -0.39 is 27.5 Å². The van der Waals surface area contributed by atoms with Crippen LogP contribution < -0.4 is 10.9 Å². The smallest absolute Gasteiger partial charge is 0.271 e. The van der Waals surface area contributed by atoms with Gasteiger partial charge in [-0.1, -0.05) is 0 Å². The number of aryl methyl sites for hydroxylation is 1. The molecule has 3 heterocycles. The molecule has 0 radical (unpaired) electrons. The summed E-state index contributed by atoms with van der Waals surface area (Å²) in [7, 11) is -3.73. The van der Waals surface area contributed by atoms with E-state index in [4.69, 9.17) is 0 Å². The van der Waals surface area contributed by atoms with E-state index in [2.05, 4.69) is 26.2 Å². The molecule has 1 fully saturated rings. The van der Waals surface area contributed by atoms with Crippen molar-refractivity contribution in [3.63, 3.8) is 0 Å². The molecule has 0 spiro atoms. The molecule has 134 valence electrons. The van der Waals surface area contributed by atoms with Crippen LogP contribution in [0.5, 0.6) is 0 Å². The van der Waals surface area contributed by atoms with E-state index in [9.17, 15) is 18.0 Å². The van der Waals surface area contributed by atoms with Crippen molar-refractivity contribution in [2.24, 2.45) is 0 Å². The summed E-state index contributed by atoms with van der Waals surface area (Å²) < 4.78 is 27.7. The number of nitrogens with zero attached hydrogens (tertiary/aromatic N) is 1. The minimum absolute atomic E-state index is 0.0793. The number of thiophene rings is 1. The fraction of sp³-hybridized carbons (Fsp3) is 0.333. The van der Waals surface area contributed by atoms with Crippen molar-refractivity contribution < 1.29 is 13.2 Å². The maximum atomic E-state index is 12.8. The molecule has 1 aliphatic heterocycles. The lowest BCUT2D eigenvalue weighted by Gasteiger charge is -2.22. The standard InChI is InChI=1S/C15H16BrN3O4S2/c1-9-4-5-13(24-9)25(22,23)19-6-2-3-12(19)15(21)18-11-7-10(16)8-17-14(11)20/h4-5,7-8,12H,2-3,6H2,1H3,(H,17,20)(H,18,21)/t12-/m0/s1. The van der Waals surface area contributed by atoms with Gasteiger partial charge in [0, 0.05) is 22.1 Å². The predicted octanol–water partition coefficient (Wildman–Crippen LogP) is 2.30. The van der Waals surface area contributed by atoms with E-state index >= 15 is 0 Å². The van der Waals surface area contributed by atoms with Gasteiger partial charge in [-0.3, -0.25) is 9.59 Å². The summed E-state index contributed by atoms with van der Waals surface area (Å²) in [4.78, 5) is 27.8. The van der Waals surface area contributed by atoms with Crippen molar-refractivity contribution in [1.29, 1.82) is 0 Å². The Bertz CT molecular complexity index is 967. The zero-order chi connectivity index (χ0) is 18.2. The van der Waals surface area contributed by atoms with E-state index in [0.29, 0.717) is 17.3 Å². The van der Waals surface area contributed by atoms with Gasteiger partial charge in [0.1, 0.15) is 15.9 Å². The highest BCUT2D eigenvalue weighted by Crippen LogP contribution is 2.30. The first kappa shape index (κ1) is 18.3. The number of sulfonamides is 1. The summed E-state index contributed by atoms with van der Waals surface area (Å²) in [6, 6.07) is 3.95. The van der Waals surface area contributed by atoms with E-state index in [-0.39, 0.29) is 16.4 Å². The molecule has 3 rings (SSSR count). The van der Waals surface area contributed by atoms with Crippen molar-refractivity contribution in [3.05, 3.63) is 44.1 Å². The number of aromatic nitrogens is 1. The van der Waals surface area contributed by atoms with Crippen molar-refractivity contribution in [2.75, 3.05) is 11.9 Å². The molecule has 0 bridgehead atoms. The van der Waals surface area contributed by atoms with Crippen LogP contribution in [0.2, 0.25) is 0 Å². The third-order valence-electron chi connectivity index (χ3n) is 3.91. The van der Waals surface area contributed by atoms with Gasteiger partial charge >= 0.3 is 0 Å². The molecule has 2 aromatic rings. The molecule has 0 saturated carbocycles. The maximum Gasteiger partial charge on any atom is 0.271 e. The largest absolute Gasteiger partial charge is 0.326 e. The number of halogens is 1. The lowest BCUT2D eigenvalue weighted by molar-refractivity contribution is -0.119. The first-order valence-electron chi connectivity index (χ1n) is 7.56. The van der Waals surface area contributed by atoms with Crippen molar-refractivity contribution in [2.45, 2.75) is 30.0 Å². The summed E-state index contributed by atoms with van der Waals surface area (Å²) in [6.45, 7) is 2.11. The van der Waals surface area contributed by atoms with E-state index in [1.807, 2.05) is 6.92 Å². The van der Waals surface area contributed by atoms with Gasteiger partial charge in [0.15, 0.2) is 0 Å². The zero-order valence-electron chi connectivity index (χ0n) is 13.3. The number of H-pyrrole nitrogens is 1. The van der Waals surface area contributed by atoms with Gasteiger partial charge in [0.05, 0.1) is 0 Å². The molecule has 1 aliphatic rings. The summed E-state index contributed by atoms with van der Waals surface area (Å²) in [5, 5.41) is 2.54. The lowest BCUT2D eigenvalue weighted by Crippen LogP contribution is -2.43. The van der Waals surface area contributed by atoms with Crippen LogP contribution in [0.1, 0.15) is 17.7 Å². The minimum Gasteiger partial charge on any atom is -0.326 e. The Kier molecular flexibility index (Phi) is 5.14. The monoisotopic (exact) mass is 445 g/mol. The predicted molar refractivity (Wildman–Crippen MR) is 99.4 cm³/mol. The molecule has 0 aromatic carbocycles. The number of hydrogen-bond acceptors (Lipinski definition) is 5. The van der Waals surface area contributed by atoms with Crippen LogP contribution in [0.15, 0.2) is 37.9 Å². The number of anilines is 1. The van der Waals surface area contributed by atoms with Gasteiger partial charge in [-0.25, -0.2) is 8.42 Å². The van der Waals surface area contributed by atoms with E-state index in [0.717, 1.165) is 4.88 Å². The molecular formula is C15H16BrN3O4S2. The highest BCUT2D eigenvalue weighted by atomic mass is 79.9. The number of hydrogen-bond donors (Lipinski definition) is 2. The highest BCUT2D eigenvalue weighted by molar-refractivity contribution is 9.10. The minimum atomic E-state index is -3.73. The molecule has 25 heavy (non-hydrogen) atoms. The Balaban J connectivity index is 1.85. The van der Waals surface area contributed by atoms with Crippen molar-refractivity contribution in [3.8, 4) is 0 Å². The Hall–Kier alpha value is -1.49. The molecule has 2 N–H and O–H groups in total.